The van der Waals surface area contributed by atoms with E-state index in [1.165, 1.54) is 11.1 Å². The molecule has 0 aliphatic carbocycles. The second-order valence-electron chi connectivity index (χ2n) is 6.87. The second kappa shape index (κ2) is 8.62. The Morgan fingerprint density at radius 1 is 0.828 bits per heavy atom. The van der Waals surface area contributed by atoms with Gasteiger partial charge in [-0.15, -0.1) is 10.2 Å². The molecule has 1 aromatic heterocycles. The lowest BCUT2D eigenvalue weighted by atomic mass is 10.1. The Labute approximate surface area is 184 Å². The average molecular weight is 440 g/mol. The van der Waals surface area contributed by atoms with Gasteiger partial charge in [-0.1, -0.05) is 88.6 Å². The van der Waals surface area contributed by atoms with Crippen molar-refractivity contribution in [2.24, 2.45) is 0 Å². The zero-order chi connectivity index (χ0) is 20.4. The van der Waals surface area contributed by atoms with Gasteiger partial charge >= 0.3 is 0 Å². The highest BCUT2D eigenvalue weighted by Crippen LogP contribution is 2.32. The standard InChI is InChI=1S/C23H19Cl2N3S/c1-15-3-7-17(8-4-15)22-26-27-23(28(22)20-11-5-16(2)6-12-20)29-14-18-9-10-19(24)13-21(18)25/h3-13H,14H2,1-2H3. The Morgan fingerprint density at radius 3 is 2.14 bits per heavy atom. The Bertz CT molecular complexity index is 1140. The minimum Gasteiger partial charge on any atom is -0.270 e. The predicted octanol–water partition coefficient (Wildman–Crippen LogP) is 7.15. The van der Waals surface area contributed by atoms with Crippen molar-refractivity contribution in [1.29, 1.82) is 0 Å². The van der Waals surface area contributed by atoms with Crippen molar-refractivity contribution in [2.45, 2.75) is 24.8 Å². The highest BCUT2D eigenvalue weighted by molar-refractivity contribution is 7.98. The topological polar surface area (TPSA) is 30.7 Å². The molecule has 0 amide bonds. The maximum absolute atomic E-state index is 6.35. The molecule has 6 heteroatoms. The zero-order valence-corrected chi connectivity index (χ0v) is 18.4. The van der Waals surface area contributed by atoms with Gasteiger partial charge in [-0.3, -0.25) is 4.57 Å². The third-order valence-corrected chi connectivity index (χ3v) is 6.17. The second-order valence-corrected chi connectivity index (χ2v) is 8.65. The highest BCUT2D eigenvalue weighted by Gasteiger charge is 2.17. The van der Waals surface area contributed by atoms with Gasteiger partial charge < -0.3 is 0 Å². The summed E-state index contributed by atoms with van der Waals surface area (Å²) in [5.74, 6) is 1.49. The molecular formula is C23H19Cl2N3S. The van der Waals surface area contributed by atoms with Crippen LogP contribution < -0.4 is 0 Å². The smallest absolute Gasteiger partial charge is 0.196 e. The van der Waals surface area contributed by atoms with E-state index in [9.17, 15) is 0 Å². The summed E-state index contributed by atoms with van der Waals surface area (Å²) in [6.45, 7) is 4.15. The van der Waals surface area contributed by atoms with Crippen LogP contribution in [0.4, 0.5) is 0 Å². The minimum atomic E-state index is 0.633. The third kappa shape index (κ3) is 4.50. The lowest BCUT2D eigenvalue weighted by molar-refractivity contribution is 0.885. The molecular weight excluding hydrogens is 421 g/mol. The van der Waals surface area contributed by atoms with E-state index in [1.54, 1.807) is 17.8 Å². The van der Waals surface area contributed by atoms with E-state index in [0.29, 0.717) is 15.8 Å². The Balaban J connectivity index is 1.73. The van der Waals surface area contributed by atoms with Crippen LogP contribution in [0.1, 0.15) is 16.7 Å². The SMILES string of the molecule is Cc1ccc(-c2nnc(SCc3ccc(Cl)cc3Cl)n2-c2ccc(C)cc2)cc1. The lowest BCUT2D eigenvalue weighted by Crippen LogP contribution is -2.00. The molecule has 29 heavy (non-hydrogen) atoms. The number of hydrogen-bond donors (Lipinski definition) is 0. The van der Waals surface area contributed by atoms with Gasteiger partial charge in [0.15, 0.2) is 11.0 Å². The number of thioether (sulfide) groups is 1. The van der Waals surface area contributed by atoms with Crippen LogP contribution in [0.15, 0.2) is 71.9 Å². The molecule has 0 atom stereocenters. The number of rotatable bonds is 5. The molecule has 146 valence electrons. The first-order chi connectivity index (χ1) is 14.0. The fourth-order valence-electron chi connectivity index (χ4n) is 2.96. The van der Waals surface area contributed by atoms with Gasteiger partial charge in [0.25, 0.3) is 0 Å². The molecule has 4 aromatic rings. The van der Waals surface area contributed by atoms with Gasteiger partial charge in [-0.05, 0) is 43.7 Å². The van der Waals surface area contributed by atoms with Crippen molar-refractivity contribution in [3.8, 4) is 17.1 Å². The molecule has 4 rings (SSSR count). The molecule has 0 saturated carbocycles. The highest BCUT2D eigenvalue weighted by atomic mass is 35.5. The van der Waals surface area contributed by atoms with Gasteiger partial charge in [-0.2, -0.15) is 0 Å². The molecule has 3 nitrogen and oxygen atoms in total. The molecule has 3 aromatic carbocycles. The number of hydrogen-bond acceptors (Lipinski definition) is 3. The quantitative estimate of drug-likeness (QED) is 0.309. The maximum atomic E-state index is 6.35. The molecule has 1 heterocycles. The van der Waals surface area contributed by atoms with Gasteiger partial charge in [0.2, 0.25) is 0 Å². The van der Waals surface area contributed by atoms with Gasteiger partial charge in [0, 0.05) is 27.0 Å². The van der Waals surface area contributed by atoms with Crippen molar-refractivity contribution < 1.29 is 0 Å². The summed E-state index contributed by atoms with van der Waals surface area (Å²) < 4.78 is 2.10. The first-order valence-electron chi connectivity index (χ1n) is 9.17. The molecule has 0 spiro atoms. The van der Waals surface area contributed by atoms with Crippen LogP contribution in [0, 0.1) is 13.8 Å². The zero-order valence-electron chi connectivity index (χ0n) is 16.1. The number of aromatic nitrogens is 3. The molecule has 0 aliphatic rings. The maximum Gasteiger partial charge on any atom is 0.196 e. The van der Waals surface area contributed by atoms with Crippen LogP contribution in [-0.4, -0.2) is 14.8 Å². The normalized spacial score (nSPS) is 11.0. The summed E-state index contributed by atoms with van der Waals surface area (Å²) in [5, 5.41) is 11.1. The van der Waals surface area contributed by atoms with Crippen LogP contribution in [0.3, 0.4) is 0 Å². The summed E-state index contributed by atoms with van der Waals surface area (Å²) in [6.07, 6.45) is 0. The summed E-state index contributed by atoms with van der Waals surface area (Å²) in [4.78, 5) is 0. The fourth-order valence-corrected chi connectivity index (χ4v) is 4.47. The van der Waals surface area contributed by atoms with E-state index < -0.39 is 0 Å². The molecule has 0 bridgehead atoms. The van der Waals surface area contributed by atoms with E-state index >= 15 is 0 Å². The van der Waals surface area contributed by atoms with E-state index in [0.717, 1.165) is 27.8 Å². The van der Waals surface area contributed by atoms with Gasteiger partial charge in [-0.25, -0.2) is 0 Å². The van der Waals surface area contributed by atoms with E-state index in [2.05, 4.69) is 77.1 Å². The Hall–Kier alpha value is -2.27. The number of nitrogens with zero attached hydrogens (tertiary/aromatic N) is 3. The number of halogens is 2. The van der Waals surface area contributed by atoms with Crippen LogP contribution in [-0.2, 0) is 5.75 Å². The molecule has 0 unspecified atom stereocenters. The van der Waals surface area contributed by atoms with E-state index in [-0.39, 0.29) is 0 Å². The lowest BCUT2D eigenvalue weighted by Gasteiger charge is -2.11. The molecule has 0 fully saturated rings. The van der Waals surface area contributed by atoms with Crippen LogP contribution in [0.25, 0.3) is 17.1 Å². The minimum absolute atomic E-state index is 0.633. The predicted molar refractivity (Wildman–Crippen MR) is 122 cm³/mol. The van der Waals surface area contributed by atoms with Gasteiger partial charge in [0.1, 0.15) is 0 Å². The summed E-state index contributed by atoms with van der Waals surface area (Å²) >= 11 is 14.0. The molecule has 0 radical (unpaired) electrons. The monoisotopic (exact) mass is 439 g/mol. The summed E-state index contributed by atoms with van der Waals surface area (Å²) in [7, 11) is 0. The molecule has 0 aliphatic heterocycles. The number of aryl methyl sites for hydroxylation is 2. The Kier molecular flexibility index (Phi) is 5.95. The van der Waals surface area contributed by atoms with Crippen molar-refractivity contribution in [2.75, 3.05) is 0 Å². The van der Waals surface area contributed by atoms with Crippen molar-refractivity contribution in [3.05, 3.63) is 93.5 Å². The van der Waals surface area contributed by atoms with Crippen LogP contribution in [0.5, 0.6) is 0 Å². The van der Waals surface area contributed by atoms with Crippen molar-refractivity contribution >= 4 is 35.0 Å². The van der Waals surface area contributed by atoms with Crippen molar-refractivity contribution in [3.63, 3.8) is 0 Å². The van der Waals surface area contributed by atoms with Crippen LogP contribution in [0.2, 0.25) is 10.0 Å². The number of benzene rings is 3. The first-order valence-corrected chi connectivity index (χ1v) is 10.9. The summed E-state index contributed by atoms with van der Waals surface area (Å²) in [5.41, 5.74) is 5.49. The van der Waals surface area contributed by atoms with Gasteiger partial charge in [0.05, 0.1) is 0 Å². The summed E-state index contributed by atoms with van der Waals surface area (Å²) in [6, 6.07) is 22.3. The average Bonchev–Trinajstić information content (AvgIpc) is 3.12. The largest absolute Gasteiger partial charge is 0.270 e. The fraction of sp³-hybridized carbons (Fsp3) is 0.130. The Morgan fingerprint density at radius 2 is 1.48 bits per heavy atom. The first kappa shape index (κ1) is 20.0. The van der Waals surface area contributed by atoms with Crippen molar-refractivity contribution in [1.82, 2.24) is 14.8 Å². The van der Waals surface area contributed by atoms with Crippen LogP contribution >= 0.6 is 35.0 Å². The third-order valence-electron chi connectivity index (χ3n) is 4.61. The molecule has 0 N–H and O–H groups in total. The van der Waals surface area contributed by atoms with E-state index in [1.807, 2.05) is 12.1 Å². The molecule has 0 saturated heterocycles. The van der Waals surface area contributed by atoms with E-state index in [4.69, 9.17) is 23.2 Å².